The second-order valence-corrected chi connectivity index (χ2v) is 6.47. The number of H-pyrrole nitrogens is 1. The van der Waals surface area contributed by atoms with E-state index < -0.39 is 11.7 Å². The molecule has 0 aliphatic carbocycles. The van der Waals surface area contributed by atoms with E-state index in [4.69, 9.17) is 0 Å². The Morgan fingerprint density at radius 2 is 2.19 bits per heavy atom. The van der Waals surface area contributed by atoms with E-state index in [9.17, 15) is 14.0 Å². The third-order valence-corrected chi connectivity index (χ3v) is 4.51. The summed E-state index contributed by atoms with van der Waals surface area (Å²) in [6, 6.07) is 4.42. The number of carbonyl (C=O) groups excluding carboxylic acids is 2. The van der Waals surface area contributed by atoms with E-state index in [1.54, 1.807) is 13.0 Å². The van der Waals surface area contributed by atoms with Crippen LogP contribution in [0.2, 0.25) is 0 Å². The Hall–Kier alpha value is -2.74. The van der Waals surface area contributed by atoms with Gasteiger partial charge in [-0.05, 0) is 50.4 Å². The molecule has 0 saturated carbocycles. The van der Waals surface area contributed by atoms with Crippen LogP contribution in [0.1, 0.15) is 39.3 Å². The summed E-state index contributed by atoms with van der Waals surface area (Å²) in [6.07, 6.45) is 3.49. The first-order chi connectivity index (χ1) is 12.6. The number of hydrogen-bond acceptors (Lipinski definition) is 4. The molecule has 0 radical (unpaired) electrons. The predicted molar refractivity (Wildman–Crippen MR) is 95.6 cm³/mol. The van der Waals surface area contributed by atoms with E-state index in [2.05, 4.69) is 26.1 Å². The summed E-state index contributed by atoms with van der Waals surface area (Å²) in [5, 5.41) is 15.1. The number of carbonyl (C=O) groups is 2. The van der Waals surface area contributed by atoms with Gasteiger partial charge in [0.05, 0.1) is 17.4 Å². The molecule has 1 atom stereocenters. The van der Waals surface area contributed by atoms with Crippen molar-refractivity contribution in [3.8, 4) is 0 Å². The van der Waals surface area contributed by atoms with Gasteiger partial charge in [-0.2, -0.15) is 5.10 Å². The lowest BCUT2D eigenvalue weighted by atomic mass is 10.00. The standard InChI is InChI=1S/C18H22FN5O2/c1-11-4-2-6-13(19)15(11)17(25)23-14-10-22-24-16(14)18(26)21-9-12-5-3-7-20-8-12/h2,4,6,10,12,20H,3,5,7-9H2,1H3,(H,21,26)(H,22,24)(H,23,25). The number of amides is 2. The molecule has 3 rings (SSSR count). The zero-order valence-corrected chi connectivity index (χ0v) is 14.6. The Labute approximate surface area is 150 Å². The molecule has 138 valence electrons. The summed E-state index contributed by atoms with van der Waals surface area (Å²) in [7, 11) is 0. The summed E-state index contributed by atoms with van der Waals surface area (Å²) < 4.78 is 13.9. The lowest BCUT2D eigenvalue weighted by molar-refractivity contribution is 0.0940. The highest BCUT2D eigenvalue weighted by Gasteiger charge is 2.21. The lowest BCUT2D eigenvalue weighted by Crippen LogP contribution is -2.38. The smallest absolute Gasteiger partial charge is 0.271 e. The molecule has 8 heteroatoms. The topological polar surface area (TPSA) is 98.9 Å². The first kappa shape index (κ1) is 18.1. The third-order valence-electron chi connectivity index (χ3n) is 4.51. The first-order valence-corrected chi connectivity index (χ1v) is 8.65. The second-order valence-electron chi connectivity index (χ2n) is 6.47. The molecule has 1 aromatic heterocycles. The SMILES string of the molecule is Cc1cccc(F)c1C(=O)Nc1cn[nH]c1C(=O)NCC1CCCNC1. The van der Waals surface area contributed by atoms with Crippen molar-refractivity contribution in [2.24, 2.45) is 5.92 Å². The monoisotopic (exact) mass is 359 g/mol. The van der Waals surface area contributed by atoms with Crippen molar-refractivity contribution in [1.82, 2.24) is 20.8 Å². The number of anilines is 1. The number of halogens is 1. The maximum absolute atomic E-state index is 13.9. The number of nitrogens with zero attached hydrogens (tertiary/aromatic N) is 1. The average Bonchev–Trinajstić information content (AvgIpc) is 3.08. The maximum atomic E-state index is 13.9. The summed E-state index contributed by atoms with van der Waals surface area (Å²) in [5.74, 6) is -1.20. The molecular weight excluding hydrogens is 337 g/mol. The van der Waals surface area contributed by atoms with Gasteiger partial charge in [-0.15, -0.1) is 0 Å². The van der Waals surface area contributed by atoms with Gasteiger partial charge in [-0.1, -0.05) is 12.1 Å². The number of aryl methyl sites for hydroxylation is 1. The van der Waals surface area contributed by atoms with Crippen LogP contribution in [0.4, 0.5) is 10.1 Å². The van der Waals surface area contributed by atoms with Crippen LogP contribution in [0.15, 0.2) is 24.4 Å². The fourth-order valence-corrected chi connectivity index (χ4v) is 3.08. The van der Waals surface area contributed by atoms with Crippen LogP contribution in [0.5, 0.6) is 0 Å². The number of piperidine rings is 1. The fourth-order valence-electron chi connectivity index (χ4n) is 3.08. The molecule has 0 spiro atoms. The van der Waals surface area contributed by atoms with Gasteiger partial charge in [0.25, 0.3) is 11.8 Å². The van der Waals surface area contributed by atoms with Gasteiger partial charge in [0.15, 0.2) is 0 Å². The van der Waals surface area contributed by atoms with Crippen LogP contribution in [-0.2, 0) is 0 Å². The average molecular weight is 359 g/mol. The molecule has 0 bridgehead atoms. The molecule has 1 fully saturated rings. The lowest BCUT2D eigenvalue weighted by Gasteiger charge is -2.22. The highest BCUT2D eigenvalue weighted by molar-refractivity contribution is 6.08. The Kier molecular flexibility index (Phi) is 5.62. The molecule has 7 nitrogen and oxygen atoms in total. The minimum absolute atomic E-state index is 0.0478. The van der Waals surface area contributed by atoms with Crippen molar-refractivity contribution < 1.29 is 14.0 Å². The molecule has 1 aromatic carbocycles. The van der Waals surface area contributed by atoms with E-state index in [0.29, 0.717) is 18.0 Å². The maximum Gasteiger partial charge on any atom is 0.271 e. The number of hydrogen-bond donors (Lipinski definition) is 4. The summed E-state index contributed by atoms with van der Waals surface area (Å²) in [5.41, 5.74) is 0.836. The number of aromatic nitrogens is 2. The largest absolute Gasteiger partial charge is 0.350 e. The van der Waals surface area contributed by atoms with Crippen molar-refractivity contribution in [3.63, 3.8) is 0 Å². The van der Waals surface area contributed by atoms with E-state index in [1.165, 1.54) is 18.3 Å². The third kappa shape index (κ3) is 4.08. The molecule has 2 amide bonds. The van der Waals surface area contributed by atoms with E-state index in [0.717, 1.165) is 25.9 Å². The minimum Gasteiger partial charge on any atom is -0.350 e. The second kappa shape index (κ2) is 8.09. The van der Waals surface area contributed by atoms with Crippen molar-refractivity contribution in [2.75, 3.05) is 25.0 Å². The Balaban J connectivity index is 1.66. The zero-order chi connectivity index (χ0) is 18.5. The number of aromatic amines is 1. The number of benzene rings is 1. The summed E-state index contributed by atoms with van der Waals surface area (Å²) in [4.78, 5) is 24.8. The van der Waals surface area contributed by atoms with E-state index >= 15 is 0 Å². The van der Waals surface area contributed by atoms with Crippen molar-refractivity contribution in [2.45, 2.75) is 19.8 Å². The van der Waals surface area contributed by atoms with Gasteiger partial charge in [0.2, 0.25) is 0 Å². The van der Waals surface area contributed by atoms with Gasteiger partial charge in [0, 0.05) is 6.54 Å². The molecule has 4 N–H and O–H groups in total. The van der Waals surface area contributed by atoms with Gasteiger partial charge < -0.3 is 16.0 Å². The van der Waals surface area contributed by atoms with Crippen LogP contribution < -0.4 is 16.0 Å². The van der Waals surface area contributed by atoms with E-state index in [-0.39, 0.29) is 22.9 Å². The van der Waals surface area contributed by atoms with Crippen LogP contribution >= 0.6 is 0 Å². The highest BCUT2D eigenvalue weighted by Crippen LogP contribution is 2.18. The summed E-state index contributed by atoms with van der Waals surface area (Å²) >= 11 is 0. The normalized spacial score (nSPS) is 16.9. The van der Waals surface area contributed by atoms with Gasteiger partial charge >= 0.3 is 0 Å². The first-order valence-electron chi connectivity index (χ1n) is 8.65. The molecule has 1 unspecified atom stereocenters. The van der Waals surface area contributed by atoms with Crippen LogP contribution in [0.25, 0.3) is 0 Å². The molecule has 2 aromatic rings. The van der Waals surface area contributed by atoms with Crippen LogP contribution in [0, 0.1) is 18.7 Å². The predicted octanol–water partition coefficient (Wildman–Crippen LogP) is 1.84. The Bertz CT molecular complexity index is 778. The van der Waals surface area contributed by atoms with Crippen molar-refractivity contribution in [3.05, 3.63) is 47.0 Å². The van der Waals surface area contributed by atoms with Crippen molar-refractivity contribution >= 4 is 17.5 Å². The van der Waals surface area contributed by atoms with E-state index in [1.807, 2.05) is 0 Å². The van der Waals surface area contributed by atoms with Crippen LogP contribution in [0.3, 0.4) is 0 Å². The van der Waals surface area contributed by atoms with Gasteiger partial charge in [-0.3, -0.25) is 14.7 Å². The minimum atomic E-state index is -0.618. The quantitative estimate of drug-likeness (QED) is 0.655. The number of rotatable bonds is 5. The van der Waals surface area contributed by atoms with Crippen molar-refractivity contribution in [1.29, 1.82) is 0 Å². The molecule has 1 aliphatic rings. The summed E-state index contributed by atoms with van der Waals surface area (Å²) in [6.45, 7) is 4.08. The molecule has 26 heavy (non-hydrogen) atoms. The fraction of sp³-hybridized carbons (Fsp3) is 0.389. The van der Waals surface area contributed by atoms with Gasteiger partial charge in [-0.25, -0.2) is 4.39 Å². The zero-order valence-electron chi connectivity index (χ0n) is 14.6. The molecule has 2 heterocycles. The Morgan fingerprint density at radius 1 is 1.35 bits per heavy atom. The Morgan fingerprint density at radius 3 is 2.92 bits per heavy atom. The molecular formula is C18H22FN5O2. The van der Waals surface area contributed by atoms with Gasteiger partial charge in [0.1, 0.15) is 11.5 Å². The van der Waals surface area contributed by atoms with Crippen LogP contribution in [-0.4, -0.2) is 41.6 Å². The highest BCUT2D eigenvalue weighted by atomic mass is 19.1. The molecule has 1 aliphatic heterocycles. The number of nitrogens with one attached hydrogen (secondary N) is 4. The molecule has 1 saturated heterocycles.